The molecule has 0 bridgehead atoms. The van der Waals surface area contributed by atoms with Crippen LogP contribution >= 0.6 is 11.6 Å². The molecule has 7 nitrogen and oxygen atoms in total. The number of nitro benzene ring substituents is 1. The summed E-state index contributed by atoms with van der Waals surface area (Å²) in [6, 6.07) is 13.4. The lowest BCUT2D eigenvalue weighted by Crippen LogP contribution is -2.58. The molecule has 1 aliphatic heterocycles. The van der Waals surface area contributed by atoms with Gasteiger partial charge < -0.3 is 4.90 Å². The molecule has 1 heterocycles. The summed E-state index contributed by atoms with van der Waals surface area (Å²) >= 11 is 6.20. The van der Waals surface area contributed by atoms with Gasteiger partial charge in [-0.15, -0.1) is 11.6 Å². The highest BCUT2D eigenvalue weighted by Gasteiger charge is 2.47. The quantitative estimate of drug-likeness (QED) is 0.383. The Hall–Kier alpha value is -2.80. The van der Waals surface area contributed by atoms with Gasteiger partial charge >= 0.3 is 0 Å². The SMILES string of the molecule is CN(C)c1ccc(C2C(Cl)C(=O)N2Nc2ccc([N+](=O)[O-])cc2)cc1. The third-order valence-electron chi connectivity index (χ3n) is 4.11. The number of hydrazine groups is 1. The van der Waals surface area contributed by atoms with Crippen molar-refractivity contribution >= 4 is 34.6 Å². The Morgan fingerprint density at radius 3 is 2.24 bits per heavy atom. The van der Waals surface area contributed by atoms with E-state index in [2.05, 4.69) is 5.43 Å². The Morgan fingerprint density at radius 2 is 1.72 bits per heavy atom. The van der Waals surface area contributed by atoms with Crippen LogP contribution in [0.15, 0.2) is 48.5 Å². The zero-order valence-electron chi connectivity index (χ0n) is 13.7. The van der Waals surface area contributed by atoms with Crippen molar-refractivity contribution in [3.05, 3.63) is 64.2 Å². The summed E-state index contributed by atoms with van der Waals surface area (Å²) < 4.78 is 0. The standard InChI is InChI=1S/C17H17ClN4O3/c1-20(2)13-7-3-11(4-8-13)16-15(18)17(23)21(16)19-12-5-9-14(10-6-12)22(24)25/h3-10,15-16,19H,1-2H3. The molecule has 2 unspecified atom stereocenters. The number of alkyl halides is 1. The highest BCUT2D eigenvalue weighted by Crippen LogP contribution is 2.39. The Morgan fingerprint density at radius 1 is 1.12 bits per heavy atom. The molecule has 1 N–H and O–H groups in total. The molecule has 0 saturated carbocycles. The van der Waals surface area contributed by atoms with Crippen molar-refractivity contribution in [1.29, 1.82) is 0 Å². The number of halogens is 1. The van der Waals surface area contributed by atoms with Crippen LogP contribution in [-0.4, -0.2) is 35.3 Å². The normalized spacial score (nSPS) is 19.3. The maximum atomic E-state index is 12.1. The number of hydrogen-bond acceptors (Lipinski definition) is 5. The molecule has 8 heteroatoms. The third-order valence-corrected chi connectivity index (χ3v) is 4.53. The van der Waals surface area contributed by atoms with E-state index in [1.807, 2.05) is 43.3 Å². The summed E-state index contributed by atoms with van der Waals surface area (Å²) in [4.78, 5) is 24.3. The van der Waals surface area contributed by atoms with Crippen molar-refractivity contribution in [1.82, 2.24) is 5.01 Å². The van der Waals surface area contributed by atoms with Gasteiger partial charge in [-0.2, -0.15) is 0 Å². The minimum Gasteiger partial charge on any atom is -0.378 e. The second kappa shape index (κ2) is 6.60. The van der Waals surface area contributed by atoms with Gasteiger partial charge in [-0.05, 0) is 29.8 Å². The summed E-state index contributed by atoms with van der Waals surface area (Å²) in [7, 11) is 3.91. The Balaban J connectivity index is 1.77. The monoisotopic (exact) mass is 360 g/mol. The van der Waals surface area contributed by atoms with Crippen molar-refractivity contribution in [2.45, 2.75) is 11.4 Å². The summed E-state index contributed by atoms with van der Waals surface area (Å²) in [6.07, 6.45) is 0. The van der Waals surface area contributed by atoms with Crippen LogP contribution in [0, 0.1) is 10.1 Å². The molecule has 0 radical (unpaired) electrons. The first-order chi connectivity index (χ1) is 11.9. The fraction of sp³-hybridized carbons (Fsp3) is 0.235. The van der Waals surface area contributed by atoms with Crippen LogP contribution in [0.4, 0.5) is 17.1 Å². The maximum Gasteiger partial charge on any atom is 0.269 e. The Kier molecular flexibility index (Phi) is 4.50. The Bertz CT molecular complexity index is 793. The van der Waals surface area contributed by atoms with Crippen LogP contribution < -0.4 is 10.3 Å². The molecular formula is C17H17ClN4O3. The van der Waals surface area contributed by atoms with E-state index in [9.17, 15) is 14.9 Å². The first-order valence-corrected chi connectivity index (χ1v) is 8.07. The number of carbonyl (C=O) groups excluding carboxylic acids is 1. The van der Waals surface area contributed by atoms with Gasteiger partial charge in [-0.25, -0.2) is 5.01 Å². The van der Waals surface area contributed by atoms with E-state index in [1.165, 1.54) is 17.1 Å². The molecular weight excluding hydrogens is 344 g/mol. The van der Waals surface area contributed by atoms with Crippen molar-refractivity contribution in [3.8, 4) is 0 Å². The van der Waals surface area contributed by atoms with E-state index in [4.69, 9.17) is 11.6 Å². The van der Waals surface area contributed by atoms with Gasteiger partial charge in [-0.1, -0.05) is 12.1 Å². The fourth-order valence-electron chi connectivity index (χ4n) is 2.66. The van der Waals surface area contributed by atoms with E-state index < -0.39 is 10.3 Å². The summed E-state index contributed by atoms with van der Waals surface area (Å²) in [5.41, 5.74) is 5.52. The average Bonchev–Trinajstić information content (AvgIpc) is 2.61. The number of anilines is 2. The minimum absolute atomic E-state index is 0.00784. The predicted molar refractivity (Wildman–Crippen MR) is 96.7 cm³/mol. The topological polar surface area (TPSA) is 78.7 Å². The molecule has 0 aromatic heterocycles. The lowest BCUT2D eigenvalue weighted by molar-refractivity contribution is -0.384. The number of benzene rings is 2. The second-order valence-corrected chi connectivity index (χ2v) is 6.43. The predicted octanol–water partition coefficient (Wildman–Crippen LogP) is 3.18. The van der Waals surface area contributed by atoms with E-state index in [1.54, 1.807) is 12.1 Å². The van der Waals surface area contributed by atoms with Gasteiger partial charge in [0.15, 0.2) is 0 Å². The van der Waals surface area contributed by atoms with Crippen molar-refractivity contribution < 1.29 is 9.72 Å². The van der Waals surface area contributed by atoms with Crippen LogP contribution in [-0.2, 0) is 4.79 Å². The molecule has 2 atom stereocenters. The lowest BCUT2D eigenvalue weighted by Gasteiger charge is -2.44. The molecule has 0 aliphatic carbocycles. The average molecular weight is 361 g/mol. The third kappa shape index (κ3) is 3.23. The molecule has 130 valence electrons. The molecule has 1 amide bonds. The number of β-lactam (4-membered cyclic amide) rings is 1. The lowest BCUT2D eigenvalue weighted by atomic mass is 9.95. The highest BCUT2D eigenvalue weighted by atomic mass is 35.5. The number of rotatable bonds is 5. The van der Waals surface area contributed by atoms with E-state index in [-0.39, 0.29) is 17.6 Å². The largest absolute Gasteiger partial charge is 0.378 e. The summed E-state index contributed by atoms with van der Waals surface area (Å²) in [6.45, 7) is 0. The molecule has 0 spiro atoms. The van der Waals surface area contributed by atoms with Crippen LogP contribution in [0.25, 0.3) is 0 Å². The molecule has 25 heavy (non-hydrogen) atoms. The van der Waals surface area contributed by atoms with Gasteiger partial charge in [0.2, 0.25) is 0 Å². The Labute approximate surface area is 149 Å². The summed E-state index contributed by atoms with van der Waals surface area (Å²) in [5.74, 6) is -0.235. The zero-order valence-corrected chi connectivity index (χ0v) is 14.5. The highest BCUT2D eigenvalue weighted by molar-refractivity contribution is 6.33. The van der Waals surface area contributed by atoms with Crippen molar-refractivity contribution in [2.75, 3.05) is 24.4 Å². The van der Waals surface area contributed by atoms with E-state index in [0.29, 0.717) is 5.69 Å². The van der Waals surface area contributed by atoms with Crippen molar-refractivity contribution in [3.63, 3.8) is 0 Å². The maximum absolute atomic E-state index is 12.1. The van der Waals surface area contributed by atoms with E-state index >= 15 is 0 Å². The van der Waals surface area contributed by atoms with Crippen LogP contribution in [0.3, 0.4) is 0 Å². The number of nitrogens with zero attached hydrogens (tertiary/aromatic N) is 3. The number of amides is 1. The summed E-state index contributed by atoms with van der Waals surface area (Å²) in [5, 5.41) is 11.5. The molecule has 2 aromatic rings. The number of nitrogens with one attached hydrogen (secondary N) is 1. The fourth-order valence-corrected chi connectivity index (χ4v) is 3.03. The molecule has 1 aliphatic rings. The van der Waals surface area contributed by atoms with Crippen LogP contribution in [0.2, 0.25) is 0 Å². The number of carbonyl (C=O) groups is 1. The van der Waals surface area contributed by atoms with Gasteiger partial charge in [0, 0.05) is 31.9 Å². The van der Waals surface area contributed by atoms with Gasteiger partial charge in [0.05, 0.1) is 10.6 Å². The van der Waals surface area contributed by atoms with Crippen LogP contribution in [0.1, 0.15) is 11.6 Å². The second-order valence-electron chi connectivity index (χ2n) is 5.96. The molecule has 3 rings (SSSR count). The molecule has 1 saturated heterocycles. The number of non-ortho nitro benzene ring substituents is 1. The van der Waals surface area contributed by atoms with Gasteiger partial charge in [-0.3, -0.25) is 20.3 Å². The number of nitro groups is 1. The van der Waals surface area contributed by atoms with E-state index in [0.717, 1.165) is 11.3 Å². The first kappa shape index (κ1) is 17.0. The first-order valence-electron chi connectivity index (χ1n) is 7.64. The molecule has 2 aromatic carbocycles. The van der Waals surface area contributed by atoms with Gasteiger partial charge in [0.1, 0.15) is 11.4 Å². The van der Waals surface area contributed by atoms with Gasteiger partial charge in [0.25, 0.3) is 11.6 Å². The number of hydrogen-bond donors (Lipinski definition) is 1. The minimum atomic E-state index is -0.643. The smallest absolute Gasteiger partial charge is 0.269 e. The van der Waals surface area contributed by atoms with Crippen LogP contribution in [0.5, 0.6) is 0 Å². The molecule has 1 fully saturated rings. The van der Waals surface area contributed by atoms with Crippen molar-refractivity contribution in [2.24, 2.45) is 0 Å². The zero-order chi connectivity index (χ0) is 18.1.